The third kappa shape index (κ3) is 4.61. The van der Waals surface area contributed by atoms with Gasteiger partial charge in [0.2, 0.25) is 0 Å². The second-order valence-corrected chi connectivity index (χ2v) is 11.2. The molecule has 2 aliphatic rings. The second kappa shape index (κ2) is 6.99. The van der Waals surface area contributed by atoms with E-state index in [1.165, 1.54) is 24.3 Å². The number of carbonyl (C=O) groups excluding carboxylic acids is 2. The van der Waals surface area contributed by atoms with E-state index in [4.69, 9.17) is 0 Å². The normalized spacial score (nSPS) is 26.3. The van der Waals surface area contributed by atoms with Crippen molar-refractivity contribution in [2.45, 2.75) is 24.9 Å². The first-order valence-electron chi connectivity index (χ1n) is 8.26. The highest BCUT2D eigenvalue weighted by Crippen LogP contribution is 2.14. The van der Waals surface area contributed by atoms with E-state index in [0.29, 0.717) is 24.0 Å². The highest BCUT2D eigenvalue weighted by atomic mass is 32.2. The van der Waals surface area contributed by atoms with Crippen molar-refractivity contribution >= 4 is 31.5 Å². The highest BCUT2D eigenvalue weighted by Gasteiger charge is 2.30. The smallest absolute Gasteiger partial charge is 0.251 e. The first-order chi connectivity index (χ1) is 12.1. The van der Waals surface area contributed by atoms with E-state index in [2.05, 4.69) is 10.6 Å². The molecule has 0 radical (unpaired) electrons. The largest absolute Gasteiger partial charge is 0.348 e. The average molecular weight is 400 g/mol. The molecule has 2 aliphatic heterocycles. The number of rotatable bonds is 4. The first-order valence-corrected chi connectivity index (χ1v) is 11.9. The zero-order valence-electron chi connectivity index (χ0n) is 14.0. The molecular formula is C16H20N2O6S2. The van der Waals surface area contributed by atoms with Gasteiger partial charge in [-0.25, -0.2) is 16.8 Å². The summed E-state index contributed by atoms with van der Waals surface area (Å²) >= 11 is 0. The van der Waals surface area contributed by atoms with Crippen molar-refractivity contribution in [2.24, 2.45) is 0 Å². The van der Waals surface area contributed by atoms with Gasteiger partial charge in [-0.05, 0) is 37.1 Å². The van der Waals surface area contributed by atoms with Gasteiger partial charge in [-0.3, -0.25) is 9.59 Å². The van der Waals surface area contributed by atoms with Crippen LogP contribution in [-0.2, 0) is 19.7 Å². The van der Waals surface area contributed by atoms with Crippen molar-refractivity contribution in [2.75, 3.05) is 23.0 Å². The molecule has 2 saturated heterocycles. The van der Waals surface area contributed by atoms with Crippen molar-refractivity contribution in [3.8, 4) is 0 Å². The summed E-state index contributed by atoms with van der Waals surface area (Å²) < 4.78 is 45.7. The number of nitrogens with one attached hydrogen (secondary N) is 2. The van der Waals surface area contributed by atoms with Gasteiger partial charge in [0.15, 0.2) is 19.7 Å². The number of hydrogen-bond donors (Lipinski definition) is 2. The van der Waals surface area contributed by atoms with Crippen molar-refractivity contribution in [3.05, 3.63) is 35.4 Å². The second-order valence-electron chi connectivity index (χ2n) is 6.72. The Balaban J connectivity index is 1.57. The van der Waals surface area contributed by atoms with Crippen molar-refractivity contribution < 1.29 is 26.4 Å². The number of hydrogen-bond acceptors (Lipinski definition) is 6. The van der Waals surface area contributed by atoms with Crippen LogP contribution in [0.1, 0.15) is 33.6 Å². The topological polar surface area (TPSA) is 126 Å². The lowest BCUT2D eigenvalue weighted by molar-refractivity contribution is 0.0929. The SMILES string of the molecule is O=C(NC1CCS(=O)(=O)C1)c1ccc(C(=O)NC2CCS(=O)(=O)C2)cc1. The maximum Gasteiger partial charge on any atom is 0.251 e. The zero-order chi connectivity index (χ0) is 18.9. The fourth-order valence-electron chi connectivity index (χ4n) is 3.13. The molecule has 0 spiro atoms. The predicted molar refractivity (Wildman–Crippen MR) is 95.5 cm³/mol. The predicted octanol–water partition coefficient (Wildman–Crippen LogP) is -0.480. The molecule has 10 heteroatoms. The molecular weight excluding hydrogens is 380 g/mol. The van der Waals surface area contributed by atoms with E-state index < -0.39 is 19.7 Å². The molecule has 26 heavy (non-hydrogen) atoms. The number of amides is 2. The molecule has 0 bridgehead atoms. The van der Waals surface area contributed by atoms with Crippen molar-refractivity contribution in [1.82, 2.24) is 10.6 Å². The minimum absolute atomic E-state index is 0.0521. The molecule has 0 aliphatic carbocycles. The summed E-state index contributed by atoms with van der Waals surface area (Å²) in [6.45, 7) is 0. The molecule has 1 aromatic rings. The van der Waals surface area contributed by atoms with Crippen LogP contribution in [-0.4, -0.2) is 63.7 Å². The third-order valence-electron chi connectivity index (χ3n) is 4.54. The molecule has 142 valence electrons. The van der Waals surface area contributed by atoms with Crippen LogP contribution in [0.2, 0.25) is 0 Å². The van der Waals surface area contributed by atoms with E-state index in [1.54, 1.807) is 0 Å². The Morgan fingerprint density at radius 3 is 1.35 bits per heavy atom. The maximum absolute atomic E-state index is 12.2. The molecule has 0 saturated carbocycles. The van der Waals surface area contributed by atoms with Gasteiger partial charge in [-0.15, -0.1) is 0 Å². The summed E-state index contributed by atoms with van der Waals surface area (Å²) in [6.07, 6.45) is 0.803. The monoisotopic (exact) mass is 400 g/mol. The molecule has 0 aromatic heterocycles. The van der Waals surface area contributed by atoms with Gasteiger partial charge >= 0.3 is 0 Å². The summed E-state index contributed by atoms with van der Waals surface area (Å²) in [5.41, 5.74) is 0.656. The molecule has 3 rings (SSSR count). The Morgan fingerprint density at radius 1 is 0.731 bits per heavy atom. The fourth-order valence-corrected chi connectivity index (χ4v) is 6.47. The summed E-state index contributed by atoms with van der Waals surface area (Å²) in [6, 6.07) is 5.16. The minimum Gasteiger partial charge on any atom is -0.348 e. The van der Waals surface area contributed by atoms with Crippen LogP contribution in [0, 0.1) is 0 Å². The highest BCUT2D eigenvalue weighted by molar-refractivity contribution is 7.91. The summed E-state index contributed by atoms with van der Waals surface area (Å²) in [4.78, 5) is 24.3. The first kappa shape index (κ1) is 18.8. The van der Waals surface area contributed by atoms with Crippen LogP contribution in [0.4, 0.5) is 0 Å². The Hall–Kier alpha value is -1.94. The van der Waals surface area contributed by atoms with E-state index in [1.807, 2.05) is 0 Å². The number of carbonyl (C=O) groups is 2. The lowest BCUT2D eigenvalue weighted by Crippen LogP contribution is -2.36. The lowest BCUT2D eigenvalue weighted by atomic mass is 10.1. The quantitative estimate of drug-likeness (QED) is 0.703. The van der Waals surface area contributed by atoms with E-state index in [0.717, 1.165) is 0 Å². The summed E-state index contributed by atoms with van der Waals surface area (Å²) in [5.74, 6) is -0.725. The van der Waals surface area contributed by atoms with Gasteiger partial charge < -0.3 is 10.6 Å². The Labute approximate surface area is 152 Å². The molecule has 1 aromatic carbocycles. The molecule has 2 fully saturated rings. The Morgan fingerprint density at radius 2 is 1.08 bits per heavy atom. The fraction of sp³-hybridized carbons (Fsp3) is 0.500. The standard InChI is InChI=1S/C16H20N2O6S2/c19-15(17-13-5-7-25(21,22)9-13)11-1-2-12(4-3-11)16(20)18-14-6-8-26(23,24)10-14/h1-4,13-14H,5-10H2,(H,17,19)(H,18,20). The summed E-state index contributed by atoms with van der Waals surface area (Å²) in [5, 5.41) is 5.36. The van der Waals surface area contributed by atoms with Crippen LogP contribution in [0.3, 0.4) is 0 Å². The number of benzene rings is 1. The van der Waals surface area contributed by atoms with E-state index in [-0.39, 0.29) is 46.9 Å². The number of sulfone groups is 2. The van der Waals surface area contributed by atoms with Crippen LogP contribution in [0.5, 0.6) is 0 Å². The Bertz CT molecular complexity index is 845. The van der Waals surface area contributed by atoms with Crippen LogP contribution in [0.15, 0.2) is 24.3 Å². The zero-order valence-corrected chi connectivity index (χ0v) is 15.6. The Kier molecular flexibility index (Phi) is 5.07. The van der Waals surface area contributed by atoms with Crippen molar-refractivity contribution in [1.29, 1.82) is 0 Å². The van der Waals surface area contributed by atoms with Crippen LogP contribution in [0.25, 0.3) is 0 Å². The minimum atomic E-state index is -3.07. The van der Waals surface area contributed by atoms with E-state index >= 15 is 0 Å². The van der Waals surface area contributed by atoms with Gasteiger partial charge in [0.1, 0.15) is 0 Å². The van der Waals surface area contributed by atoms with Gasteiger partial charge in [0.25, 0.3) is 11.8 Å². The molecule has 2 unspecified atom stereocenters. The third-order valence-corrected chi connectivity index (χ3v) is 8.08. The van der Waals surface area contributed by atoms with Gasteiger partial charge in [0.05, 0.1) is 23.0 Å². The van der Waals surface area contributed by atoms with Gasteiger partial charge in [-0.1, -0.05) is 0 Å². The molecule has 2 N–H and O–H groups in total. The molecule has 2 amide bonds. The molecule has 8 nitrogen and oxygen atoms in total. The molecule has 2 atom stereocenters. The summed E-state index contributed by atoms with van der Waals surface area (Å²) in [7, 11) is -6.14. The lowest BCUT2D eigenvalue weighted by Gasteiger charge is -2.12. The van der Waals surface area contributed by atoms with E-state index in [9.17, 15) is 26.4 Å². The average Bonchev–Trinajstić information content (AvgIpc) is 3.08. The molecule has 2 heterocycles. The van der Waals surface area contributed by atoms with Gasteiger partial charge in [0, 0.05) is 23.2 Å². The van der Waals surface area contributed by atoms with Crippen LogP contribution < -0.4 is 10.6 Å². The van der Waals surface area contributed by atoms with Crippen molar-refractivity contribution in [3.63, 3.8) is 0 Å². The van der Waals surface area contributed by atoms with Crippen LogP contribution >= 0.6 is 0 Å². The van der Waals surface area contributed by atoms with Gasteiger partial charge in [-0.2, -0.15) is 0 Å². The maximum atomic E-state index is 12.2.